The molecule has 3 aromatic rings. The van der Waals surface area contributed by atoms with Crippen molar-refractivity contribution < 1.29 is 43.9 Å². The summed E-state index contributed by atoms with van der Waals surface area (Å²) in [6.07, 6.45) is -1.85. The highest BCUT2D eigenvalue weighted by Crippen LogP contribution is 2.22. The molecule has 3 atom stereocenters. The summed E-state index contributed by atoms with van der Waals surface area (Å²) in [6.45, 7) is -2.44. The molecule has 0 fully saturated rings. The average molecular weight is 594 g/mol. The van der Waals surface area contributed by atoms with Crippen LogP contribution in [0.5, 0.6) is 0 Å². The molecule has 41 heavy (non-hydrogen) atoms. The van der Waals surface area contributed by atoms with Gasteiger partial charge in [-0.05, 0) is 29.5 Å². The Morgan fingerprint density at radius 1 is 1.00 bits per heavy atom. The molecule has 222 valence electrons. The maximum Gasteiger partial charge on any atom is 0.412 e. The lowest BCUT2D eigenvalue weighted by Crippen LogP contribution is -2.50. The van der Waals surface area contributed by atoms with Crippen molar-refractivity contribution in [3.8, 4) is 0 Å². The Balaban J connectivity index is 1.72. The van der Waals surface area contributed by atoms with Gasteiger partial charge in [0.15, 0.2) is 0 Å². The number of hydrogen-bond donors (Lipinski definition) is 5. The number of halogens is 2. The van der Waals surface area contributed by atoms with Crippen LogP contribution in [0.4, 0.5) is 15.0 Å². The Bertz CT molecular complexity index is 1300. The third-order valence-electron chi connectivity index (χ3n) is 6.12. The van der Waals surface area contributed by atoms with E-state index in [9.17, 15) is 29.3 Å². The van der Waals surface area contributed by atoms with Crippen LogP contribution in [0.3, 0.4) is 0 Å². The van der Waals surface area contributed by atoms with E-state index < -0.39 is 49.3 Å². The van der Waals surface area contributed by atoms with Crippen molar-refractivity contribution in [2.45, 2.75) is 31.1 Å². The van der Waals surface area contributed by atoms with Crippen LogP contribution < -0.4 is 5.32 Å². The number of ether oxygens (including phenoxy) is 2. The number of aliphatic hydroxyl groups excluding tert-OH is 4. The number of aliphatic hydroxyl groups is 4. The smallest absolute Gasteiger partial charge is 0.412 e. The second kappa shape index (κ2) is 16.2. The van der Waals surface area contributed by atoms with Gasteiger partial charge in [0.1, 0.15) is 24.3 Å². The van der Waals surface area contributed by atoms with Crippen LogP contribution >= 0.6 is 11.6 Å². The molecule has 0 radical (unpaired) electrons. The maximum absolute atomic E-state index is 13.8. The molecule has 0 aliphatic carbocycles. The van der Waals surface area contributed by atoms with E-state index in [1.807, 2.05) is 24.3 Å². The van der Waals surface area contributed by atoms with Crippen LogP contribution in [0, 0.1) is 5.82 Å². The van der Waals surface area contributed by atoms with Crippen molar-refractivity contribution in [3.63, 3.8) is 0 Å². The average Bonchev–Trinajstić information content (AvgIpc) is 2.98. The normalized spacial score (nSPS) is 13.4. The highest BCUT2D eigenvalue weighted by molar-refractivity contribution is 6.31. The second-order valence-electron chi connectivity index (χ2n) is 9.26. The first-order valence-electron chi connectivity index (χ1n) is 12.9. The fourth-order valence-corrected chi connectivity index (χ4v) is 4.17. The molecule has 13 heteroatoms. The number of rotatable bonds is 15. The van der Waals surface area contributed by atoms with Crippen molar-refractivity contribution in [1.82, 2.24) is 9.88 Å². The Hall–Kier alpha value is -3.39. The summed E-state index contributed by atoms with van der Waals surface area (Å²) < 4.78 is 24.7. The topological polar surface area (TPSA) is 162 Å². The number of aromatic nitrogens is 1. The van der Waals surface area contributed by atoms with E-state index in [0.29, 0.717) is 5.56 Å². The van der Waals surface area contributed by atoms with E-state index in [2.05, 4.69) is 10.3 Å². The molecule has 1 heterocycles. The number of carbonyl (C=O) groups is 2. The van der Waals surface area contributed by atoms with E-state index in [1.165, 1.54) is 17.0 Å². The van der Waals surface area contributed by atoms with Gasteiger partial charge in [-0.15, -0.1) is 0 Å². The number of anilines is 1. The number of aryl methyl sites for hydroxylation is 1. The molecule has 5 N–H and O–H groups in total. The number of carbonyl (C=O) groups excluding carboxylic acids is 2. The Kier molecular flexibility index (Phi) is 12.7. The molecule has 0 aliphatic rings. The molecular formula is C28H33ClFN3O8. The van der Waals surface area contributed by atoms with E-state index >= 15 is 0 Å². The van der Waals surface area contributed by atoms with Crippen LogP contribution in [0.1, 0.15) is 12.0 Å². The number of fused-ring (bicyclic) bond motifs is 1. The summed E-state index contributed by atoms with van der Waals surface area (Å²) >= 11 is 6.01. The lowest BCUT2D eigenvalue weighted by atomic mass is 10.1. The van der Waals surface area contributed by atoms with Gasteiger partial charge in [0.25, 0.3) is 0 Å². The summed E-state index contributed by atoms with van der Waals surface area (Å²) in [5, 5.41) is 42.4. The molecule has 1 unspecified atom stereocenters. The van der Waals surface area contributed by atoms with Crippen LogP contribution in [0.25, 0.3) is 10.8 Å². The zero-order valence-electron chi connectivity index (χ0n) is 22.2. The van der Waals surface area contributed by atoms with Crippen LogP contribution in [-0.2, 0) is 20.7 Å². The van der Waals surface area contributed by atoms with Gasteiger partial charge in [0.2, 0.25) is 5.91 Å². The standard InChI is InChI=1S/C28H33ClFN3O8/c29-27-18(6-3-7-24(27)30)8-9-26(38)33(12-22(36)13-34)21(15-40-17-23(37)14-35)16-41-28(39)32-25-10-19-4-1-2-5-20(19)11-31-25/h1-7,10-11,21-23,34-37H,8-9,12-17H2,(H,31,32,39)/t21-,22?,23+/m0/s1. The van der Waals surface area contributed by atoms with Crippen molar-refractivity contribution >= 4 is 40.2 Å². The Morgan fingerprint density at radius 3 is 2.46 bits per heavy atom. The number of hydrogen-bond acceptors (Lipinski definition) is 9. The molecule has 0 saturated heterocycles. The van der Waals surface area contributed by atoms with Gasteiger partial charge in [0, 0.05) is 24.5 Å². The number of amides is 2. The van der Waals surface area contributed by atoms with Crippen LogP contribution in [0.15, 0.2) is 54.7 Å². The summed E-state index contributed by atoms with van der Waals surface area (Å²) in [5.74, 6) is -0.907. The van der Waals surface area contributed by atoms with Crippen LogP contribution in [0.2, 0.25) is 5.02 Å². The Morgan fingerprint density at radius 2 is 1.73 bits per heavy atom. The Labute approximate surface area is 241 Å². The van der Waals surface area contributed by atoms with Gasteiger partial charge in [-0.1, -0.05) is 48.0 Å². The minimum absolute atomic E-state index is 0.0763. The number of nitrogens with zero attached hydrogens (tertiary/aromatic N) is 2. The van der Waals surface area contributed by atoms with Crippen LogP contribution in [-0.4, -0.2) is 100 Å². The minimum atomic E-state index is -1.32. The molecule has 3 rings (SSSR count). The molecule has 0 bridgehead atoms. The van der Waals surface area contributed by atoms with Gasteiger partial charge in [0.05, 0.1) is 43.6 Å². The lowest BCUT2D eigenvalue weighted by molar-refractivity contribution is -0.139. The molecule has 0 spiro atoms. The molecule has 1 aromatic heterocycles. The molecule has 2 amide bonds. The third-order valence-corrected chi connectivity index (χ3v) is 6.54. The predicted molar refractivity (Wildman–Crippen MR) is 149 cm³/mol. The fraction of sp³-hybridized carbons (Fsp3) is 0.393. The first-order valence-corrected chi connectivity index (χ1v) is 13.3. The molecular weight excluding hydrogens is 561 g/mol. The quantitative estimate of drug-likeness (QED) is 0.178. The first kappa shape index (κ1) is 32.1. The maximum atomic E-state index is 13.8. The number of nitrogens with one attached hydrogen (secondary N) is 1. The molecule has 0 saturated carbocycles. The zero-order valence-corrected chi connectivity index (χ0v) is 22.9. The van der Waals surface area contributed by atoms with E-state index in [4.69, 9.17) is 26.2 Å². The summed E-state index contributed by atoms with van der Waals surface area (Å²) in [7, 11) is 0. The number of benzene rings is 2. The van der Waals surface area contributed by atoms with Gasteiger partial charge in [-0.3, -0.25) is 10.1 Å². The van der Waals surface area contributed by atoms with Crippen molar-refractivity contribution in [2.75, 3.05) is 44.9 Å². The number of pyridine rings is 1. The first-order chi connectivity index (χ1) is 19.7. The van der Waals surface area contributed by atoms with E-state index in [-0.39, 0.29) is 50.0 Å². The molecule has 2 aromatic carbocycles. The largest absolute Gasteiger partial charge is 0.447 e. The van der Waals surface area contributed by atoms with Gasteiger partial charge < -0.3 is 34.8 Å². The third kappa shape index (κ3) is 9.88. The van der Waals surface area contributed by atoms with Crippen molar-refractivity contribution in [3.05, 3.63) is 71.1 Å². The van der Waals surface area contributed by atoms with Gasteiger partial charge >= 0.3 is 6.09 Å². The van der Waals surface area contributed by atoms with Crippen molar-refractivity contribution in [1.29, 1.82) is 0 Å². The van der Waals surface area contributed by atoms with Gasteiger partial charge in [-0.25, -0.2) is 14.2 Å². The fourth-order valence-electron chi connectivity index (χ4n) is 3.95. The van der Waals surface area contributed by atoms with Crippen molar-refractivity contribution in [2.24, 2.45) is 0 Å². The minimum Gasteiger partial charge on any atom is -0.447 e. The summed E-state index contributed by atoms with van der Waals surface area (Å²) in [4.78, 5) is 31.3. The zero-order chi connectivity index (χ0) is 29.8. The highest BCUT2D eigenvalue weighted by Gasteiger charge is 2.28. The van der Waals surface area contributed by atoms with Gasteiger partial charge in [-0.2, -0.15) is 0 Å². The summed E-state index contributed by atoms with van der Waals surface area (Å²) in [6, 6.07) is 12.4. The predicted octanol–water partition coefficient (Wildman–Crippen LogP) is 2.13. The lowest BCUT2D eigenvalue weighted by Gasteiger charge is -2.33. The molecule has 0 aliphatic heterocycles. The van der Waals surface area contributed by atoms with E-state index in [0.717, 1.165) is 10.8 Å². The monoisotopic (exact) mass is 593 g/mol. The highest BCUT2D eigenvalue weighted by atomic mass is 35.5. The molecule has 11 nitrogen and oxygen atoms in total. The SMILES string of the molecule is O=C(Nc1cc2ccccc2cn1)OC[C@H](COC[C@H](O)CO)N(CC(O)CO)C(=O)CCc1cccc(F)c1Cl. The van der Waals surface area contributed by atoms with E-state index in [1.54, 1.807) is 18.3 Å². The second-order valence-corrected chi connectivity index (χ2v) is 9.64. The summed E-state index contributed by atoms with van der Waals surface area (Å²) in [5.41, 5.74) is 0.403.